The van der Waals surface area contributed by atoms with Crippen LogP contribution in [-0.2, 0) is 9.73 Å². The van der Waals surface area contributed by atoms with E-state index in [4.69, 9.17) is 0 Å². The molecule has 0 fully saturated rings. The van der Waals surface area contributed by atoms with Crippen LogP contribution >= 0.6 is 0 Å². The van der Waals surface area contributed by atoms with E-state index in [1.54, 1.807) is 0 Å². The average Bonchev–Trinajstić information content (AvgIpc) is 2.42. The van der Waals surface area contributed by atoms with Crippen molar-refractivity contribution in [1.82, 2.24) is 0 Å². The third-order valence-corrected chi connectivity index (χ3v) is 5.09. The van der Waals surface area contributed by atoms with Gasteiger partial charge in [-0.2, -0.15) is 4.36 Å². The van der Waals surface area contributed by atoms with Gasteiger partial charge in [-0.05, 0) is 31.2 Å². The summed E-state index contributed by atoms with van der Waals surface area (Å²) in [6.07, 6.45) is 0. The van der Waals surface area contributed by atoms with Gasteiger partial charge in [-0.1, -0.05) is 42.8 Å². The topological polar surface area (TPSA) is 29.4 Å². The second kappa shape index (κ2) is 5.36. The maximum Gasteiger partial charge on any atom is 0.0797 e. The Morgan fingerprint density at radius 2 is 1.61 bits per heavy atom. The molecule has 0 saturated heterocycles. The smallest absolute Gasteiger partial charge is 0.0797 e. The summed E-state index contributed by atoms with van der Waals surface area (Å²) in [5.74, 6) is 0.519. The van der Waals surface area contributed by atoms with Crippen molar-refractivity contribution in [2.75, 3.05) is 5.75 Å². The van der Waals surface area contributed by atoms with Crippen molar-refractivity contribution in [3.63, 3.8) is 0 Å². The lowest BCUT2D eigenvalue weighted by Crippen LogP contribution is -2.02. The molecule has 0 aliphatic heterocycles. The molecule has 0 amide bonds. The Hall–Kier alpha value is -1.61. The molecule has 0 radical (unpaired) electrons. The van der Waals surface area contributed by atoms with Crippen LogP contribution in [0.5, 0.6) is 0 Å². The van der Waals surface area contributed by atoms with Gasteiger partial charge >= 0.3 is 0 Å². The van der Waals surface area contributed by atoms with Crippen LogP contribution in [-0.4, -0.2) is 9.96 Å². The van der Waals surface area contributed by atoms with Gasteiger partial charge in [0.2, 0.25) is 0 Å². The van der Waals surface area contributed by atoms with Gasteiger partial charge in [0.15, 0.2) is 0 Å². The molecule has 2 aromatic carbocycles. The van der Waals surface area contributed by atoms with Crippen LogP contribution in [0.2, 0.25) is 0 Å². The third-order valence-electron chi connectivity index (χ3n) is 2.79. The van der Waals surface area contributed by atoms with Crippen molar-refractivity contribution < 1.29 is 4.21 Å². The van der Waals surface area contributed by atoms with Crippen molar-refractivity contribution in [2.24, 2.45) is 4.36 Å². The molecule has 0 aliphatic carbocycles. The number of aryl methyl sites for hydroxylation is 1. The summed E-state index contributed by atoms with van der Waals surface area (Å²) in [6.45, 7) is 3.94. The molecule has 18 heavy (non-hydrogen) atoms. The minimum atomic E-state index is -2.35. The quantitative estimate of drug-likeness (QED) is 0.813. The van der Waals surface area contributed by atoms with Crippen molar-refractivity contribution >= 4 is 15.4 Å². The molecule has 3 heteroatoms. The molecular formula is C15H17NOS. The molecule has 1 atom stereocenters. The fourth-order valence-corrected chi connectivity index (χ4v) is 3.31. The lowest BCUT2D eigenvalue weighted by molar-refractivity contribution is 0.677. The van der Waals surface area contributed by atoms with Crippen molar-refractivity contribution in [3.05, 3.63) is 60.2 Å². The zero-order valence-corrected chi connectivity index (χ0v) is 11.5. The molecule has 0 bridgehead atoms. The summed E-state index contributed by atoms with van der Waals surface area (Å²) in [5.41, 5.74) is 1.95. The first-order valence-corrected chi connectivity index (χ1v) is 7.69. The molecule has 0 heterocycles. The van der Waals surface area contributed by atoms with Crippen LogP contribution in [0.15, 0.2) is 63.9 Å². The van der Waals surface area contributed by atoms with Gasteiger partial charge in [0.1, 0.15) is 0 Å². The van der Waals surface area contributed by atoms with E-state index in [9.17, 15) is 4.21 Å². The Morgan fingerprint density at radius 3 is 2.17 bits per heavy atom. The summed E-state index contributed by atoms with van der Waals surface area (Å²) < 4.78 is 17.3. The van der Waals surface area contributed by atoms with Crippen LogP contribution in [0, 0.1) is 6.92 Å². The largest absolute Gasteiger partial charge is 0.244 e. The van der Waals surface area contributed by atoms with Gasteiger partial charge in [0.25, 0.3) is 0 Å². The molecule has 0 aliphatic rings. The first-order chi connectivity index (χ1) is 8.64. The highest BCUT2D eigenvalue weighted by atomic mass is 32.2. The first kappa shape index (κ1) is 12.8. The first-order valence-electron chi connectivity index (χ1n) is 6.00. The lowest BCUT2D eigenvalue weighted by atomic mass is 10.2. The second-order valence-electron chi connectivity index (χ2n) is 4.17. The maximum atomic E-state index is 12.8. The predicted octanol–water partition coefficient (Wildman–Crippen LogP) is 4.17. The Kier molecular flexibility index (Phi) is 3.82. The van der Waals surface area contributed by atoms with E-state index in [2.05, 4.69) is 4.36 Å². The Balaban J connectivity index is 2.51. The number of hydrogen-bond donors (Lipinski definition) is 0. The molecule has 94 valence electrons. The molecule has 2 nitrogen and oxygen atoms in total. The summed E-state index contributed by atoms with van der Waals surface area (Å²) in [6, 6.07) is 17.3. The van der Waals surface area contributed by atoms with E-state index in [1.165, 1.54) is 5.56 Å². The standard InChI is InChI=1S/C15H17NOS/c1-3-18(17,15-7-5-4-6-8-15)16-14-11-9-13(2)10-12-14/h4-12H,3H2,1-2H3. The highest BCUT2D eigenvalue weighted by Gasteiger charge is 2.09. The average molecular weight is 259 g/mol. The highest BCUT2D eigenvalue weighted by molar-refractivity contribution is 7.93. The van der Waals surface area contributed by atoms with Crippen LogP contribution in [0.4, 0.5) is 5.69 Å². The molecule has 2 aromatic rings. The highest BCUT2D eigenvalue weighted by Crippen LogP contribution is 2.21. The van der Waals surface area contributed by atoms with Crippen molar-refractivity contribution in [3.8, 4) is 0 Å². The molecule has 2 rings (SSSR count). The Bertz CT molecular complexity index is 623. The number of hydrogen-bond acceptors (Lipinski definition) is 2. The summed E-state index contributed by atoms with van der Waals surface area (Å²) in [4.78, 5) is 0.799. The maximum absolute atomic E-state index is 12.8. The monoisotopic (exact) mass is 259 g/mol. The molecule has 0 spiro atoms. The number of rotatable bonds is 3. The summed E-state index contributed by atoms with van der Waals surface area (Å²) in [5, 5.41) is 0. The van der Waals surface area contributed by atoms with E-state index in [0.717, 1.165) is 10.6 Å². The number of nitrogens with zero attached hydrogens (tertiary/aromatic N) is 1. The van der Waals surface area contributed by atoms with Crippen LogP contribution in [0.25, 0.3) is 0 Å². The zero-order chi connectivity index (χ0) is 13.0. The van der Waals surface area contributed by atoms with E-state index in [1.807, 2.05) is 68.4 Å². The fourth-order valence-electron chi connectivity index (χ4n) is 1.69. The van der Waals surface area contributed by atoms with Crippen LogP contribution in [0.1, 0.15) is 12.5 Å². The van der Waals surface area contributed by atoms with Gasteiger partial charge in [-0.15, -0.1) is 0 Å². The van der Waals surface area contributed by atoms with Gasteiger partial charge in [0, 0.05) is 10.6 Å². The van der Waals surface area contributed by atoms with Crippen molar-refractivity contribution in [1.29, 1.82) is 0 Å². The second-order valence-corrected chi connectivity index (χ2v) is 6.68. The van der Waals surface area contributed by atoms with Crippen LogP contribution < -0.4 is 0 Å². The minimum absolute atomic E-state index is 0.519. The predicted molar refractivity (Wildman–Crippen MR) is 76.7 cm³/mol. The SMILES string of the molecule is CCS(=O)(=Nc1ccc(C)cc1)c1ccccc1. The van der Waals surface area contributed by atoms with Gasteiger partial charge in [0.05, 0.1) is 15.4 Å². The Morgan fingerprint density at radius 1 is 1.00 bits per heavy atom. The lowest BCUT2D eigenvalue weighted by Gasteiger charge is -2.07. The number of benzene rings is 2. The zero-order valence-electron chi connectivity index (χ0n) is 10.7. The van der Waals surface area contributed by atoms with E-state index >= 15 is 0 Å². The van der Waals surface area contributed by atoms with E-state index < -0.39 is 9.73 Å². The summed E-state index contributed by atoms with van der Waals surface area (Å²) >= 11 is 0. The summed E-state index contributed by atoms with van der Waals surface area (Å²) in [7, 11) is -2.35. The van der Waals surface area contributed by atoms with Gasteiger partial charge < -0.3 is 0 Å². The molecular weight excluding hydrogens is 242 g/mol. The molecule has 0 saturated carbocycles. The normalized spacial score (nSPS) is 13.9. The molecule has 0 aromatic heterocycles. The minimum Gasteiger partial charge on any atom is -0.244 e. The molecule has 1 unspecified atom stereocenters. The van der Waals surface area contributed by atoms with E-state index in [0.29, 0.717) is 5.75 Å². The fraction of sp³-hybridized carbons (Fsp3) is 0.200. The third kappa shape index (κ3) is 2.79. The molecule has 0 N–H and O–H groups in total. The van der Waals surface area contributed by atoms with Crippen LogP contribution in [0.3, 0.4) is 0 Å². The van der Waals surface area contributed by atoms with E-state index in [-0.39, 0.29) is 0 Å². The van der Waals surface area contributed by atoms with Gasteiger partial charge in [-0.25, -0.2) is 4.21 Å². The van der Waals surface area contributed by atoms with Crippen molar-refractivity contribution in [2.45, 2.75) is 18.7 Å². The van der Waals surface area contributed by atoms with Gasteiger partial charge in [-0.3, -0.25) is 0 Å². The Labute approximate surface area is 109 Å².